The molecule has 0 unspecified atom stereocenters. The van der Waals surface area contributed by atoms with Crippen LogP contribution in [0.25, 0.3) is 10.9 Å². The summed E-state index contributed by atoms with van der Waals surface area (Å²) in [6.07, 6.45) is 0. The van der Waals surface area contributed by atoms with Crippen molar-refractivity contribution in [1.29, 1.82) is 0 Å². The van der Waals surface area contributed by atoms with Crippen LogP contribution < -0.4 is 0 Å². The molecule has 1 N–H and O–H groups in total. The molecule has 0 radical (unpaired) electrons. The number of hydrogen-bond acceptors (Lipinski definition) is 1. The van der Waals surface area contributed by atoms with Gasteiger partial charge in [0.05, 0.1) is 6.61 Å². The van der Waals surface area contributed by atoms with E-state index in [2.05, 4.69) is 43.5 Å². The zero-order valence-electron chi connectivity index (χ0n) is 10.4. The lowest BCUT2D eigenvalue weighted by Gasteiger charge is -2.05. The van der Waals surface area contributed by atoms with E-state index in [1.807, 2.05) is 7.05 Å². The number of aliphatic hydroxyl groups excluding tert-OH is 1. The second-order valence-corrected chi connectivity index (χ2v) is 4.72. The second-order valence-electron chi connectivity index (χ2n) is 4.72. The number of aromatic nitrogens is 1. The van der Waals surface area contributed by atoms with Gasteiger partial charge < -0.3 is 9.67 Å². The predicted octanol–water partition coefficient (Wildman–Crippen LogP) is 3.10. The summed E-state index contributed by atoms with van der Waals surface area (Å²) >= 11 is 0. The fourth-order valence-corrected chi connectivity index (χ4v) is 2.28. The molecule has 2 nitrogen and oxygen atoms in total. The van der Waals surface area contributed by atoms with E-state index in [1.54, 1.807) is 0 Å². The van der Waals surface area contributed by atoms with Crippen LogP contribution in [0.1, 0.15) is 36.6 Å². The van der Waals surface area contributed by atoms with Gasteiger partial charge in [-0.2, -0.15) is 0 Å². The molecule has 0 aliphatic rings. The molecule has 0 atom stereocenters. The molecular formula is C14H19NO. The number of hydrogen-bond donors (Lipinski definition) is 1. The van der Waals surface area contributed by atoms with E-state index in [4.69, 9.17) is 0 Å². The van der Waals surface area contributed by atoms with Gasteiger partial charge in [-0.15, -0.1) is 0 Å². The summed E-state index contributed by atoms with van der Waals surface area (Å²) < 4.78 is 2.08. The fraction of sp³-hybridized carbons (Fsp3) is 0.429. The highest BCUT2D eigenvalue weighted by Gasteiger charge is 2.11. The van der Waals surface area contributed by atoms with Crippen molar-refractivity contribution < 1.29 is 5.11 Å². The van der Waals surface area contributed by atoms with Crippen molar-refractivity contribution >= 4 is 10.9 Å². The molecule has 0 fully saturated rings. The van der Waals surface area contributed by atoms with E-state index in [9.17, 15) is 5.11 Å². The minimum atomic E-state index is 0.105. The Morgan fingerprint density at radius 1 is 1.31 bits per heavy atom. The summed E-state index contributed by atoms with van der Waals surface area (Å²) in [5.41, 5.74) is 4.76. The summed E-state index contributed by atoms with van der Waals surface area (Å²) in [6.45, 7) is 6.59. The largest absolute Gasteiger partial charge is 0.390 e. The molecule has 0 bridgehead atoms. The van der Waals surface area contributed by atoms with E-state index < -0.39 is 0 Å². The summed E-state index contributed by atoms with van der Waals surface area (Å²) in [5, 5.41) is 10.6. The van der Waals surface area contributed by atoms with Crippen molar-refractivity contribution in [2.75, 3.05) is 0 Å². The number of aryl methyl sites for hydroxylation is 2. The average molecular weight is 217 g/mol. The molecule has 0 amide bonds. The molecule has 0 spiro atoms. The molecule has 1 aromatic carbocycles. The summed E-state index contributed by atoms with van der Waals surface area (Å²) in [6, 6.07) is 6.57. The van der Waals surface area contributed by atoms with Gasteiger partial charge in [0.1, 0.15) is 0 Å². The molecule has 0 aliphatic carbocycles. The molecular weight excluding hydrogens is 198 g/mol. The minimum absolute atomic E-state index is 0.105. The molecule has 86 valence electrons. The van der Waals surface area contributed by atoms with Gasteiger partial charge in [-0.25, -0.2) is 0 Å². The van der Waals surface area contributed by atoms with E-state index in [0.29, 0.717) is 5.92 Å². The zero-order chi connectivity index (χ0) is 11.9. The molecule has 2 heteroatoms. The van der Waals surface area contributed by atoms with Crippen LogP contribution in [0.3, 0.4) is 0 Å². The Bertz CT molecular complexity index is 523. The van der Waals surface area contributed by atoms with Crippen LogP contribution in [0.15, 0.2) is 18.2 Å². The van der Waals surface area contributed by atoms with Crippen LogP contribution in [0.2, 0.25) is 0 Å². The van der Waals surface area contributed by atoms with Crippen LogP contribution in [0.5, 0.6) is 0 Å². The SMILES string of the molecule is Cc1c(CO)n(C)c2ccc(C(C)C)cc12. The topological polar surface area (TPSA) is 25.2 Å². The Labute approximate surface area is 96.5 Å². The van der Waals surface area contributed by atoms with Gasteiger partial charge in [-0.1, -0.05) is 19.9 Å². The Morgan fingerprint density at radius 3 is 2.56 bits per heavy atom. The first-order chi connectivity index (χ1) is 7.56. The Morgan fingerprint density at radius 2 is 2.00 bits per heavy atom. The zero-order valence-corrected chi connectivity index (χ0v) is 10.4. The van der Waals surface area contributed by atoms with Gasteiger partial charge in [0.2, 0.25) is 0 Å². The smallest absolute Gasteiger partial charge is 0.0835 e. The van der Waals surface area contributed by atoms with Gasteiger partial charge in [-0.05, 0) is 36.1 Å². The normalized spacial score (nSPS) is 11.6. The van der Waals surface area contributed by atoms with E-state index in [1.165, 1.54) is 22.0 Å². The van der Waals surface area contributed by atoms with Crippen molar-refractivity contribution in [3.8, 4) is 0 Å². The first-order valence-corrected chi connectivity index (χ1v) is 5.75. The lowest BCUT2D eigenvalue weighted by atomic mass is 10.0. The Balaban J connectivity index is 2.74. The Kier molecular flexibility index (Phi) is 2.76. The van der Waals surface area contributed by atoms with Crippen molar-refractivity contribution in [3.05, 3.63) is 35.0 Å². The first-order valence-electron chi connectivity index (χ1n) is 5.75. The van der Waals surface area contributed by atoms with Crippen LogP contribution in [-0.4, -0.2) is 9.67 Å². The predicted molar refractivity (Wildman–Crippen MR) is 67.7 cm³/mol. The third kappa shape index (κ3) is 1.54. The van der Waals surface area contributed by atoms with Crippen LogP contribution in [-0.2, 0) is 13.7 Å². The van der Waals surface area contributed by atoms with Crippen molar-refractivity contribution in [1.82, 2.24) is 4.57 Å². The minimum Gasteiger partial charge on any atom is -0.390 e. The lowest BCUT2D eigenvalue weighted by Crippen LogP contribution is -1.96. The quantitative estimate of drug-likeness (QED) is 0.821. The molecule has 16 heavy (non-hydrogen) atoms. The standard InChI is InChI=1S/C14H19NO/c1-9(2)11-5-6-13-12(7-11)10(3)14(8-16)15(13)4/h5-7,9,16H,8H2,1-4H3. The van der Waals surface area contributed by atoms with Gasteiger partial charge in [0.15, 0.2) is 0 Å². The highest BCUT2D eigenvalue weighted by Crippen LogP contribution is 2.28. The summed E-state index contributed by atoms with van der Waals surface area (Å²) in [5.74, 6) is 0.543. The molecule has 2 aromatic rings. The van der Waals surface area contributed by atoms with Crippen molar-refractivity contribution in [2.24, 2.45) is 7.05 Å². The van der Waals surface area contributed by atoms with Gasteiger partial charge in [0.25, 0.3) is 0 Å². The highest BCUT2D eigenvalue weighted by atomic mass is 16.3. The lowest BCUT2D eigenvalue weighted by molar-refractivity contribution is 0.272. The van der Waals surface area contributed by atoms with E-state index >= 15 is 0 Å². The maximum Gasteiger partial charge on any atom is 0.0835 e. The van der Waals surface area contributed by atoms with Crippen LogP contribution >= 0.6 is 0 Å². The third-order valence-corrected chi connectivity index (χ3v) is 3.44. The van der Waals surface area contributed by atoms with Crippen LogP contribution in [0, 0.1) is 6.92 Å². The third-order valence-electron chi connectivity index (χ3n) is 3.44. The summed E-state index contributed by atoms with van der Waals surface area (Å²) in [4.78, 5) is 0. The maximum absolute atomic E-state index is 9.36. The molecule has 1 heterocycles. The number of nitrogens with zero attached hydrogens (tertiary/aromatic N) is 1. The van der Waals surface area contributed by atoms with Gasteiger partial charge in [0, 0.05) is 23.6 Å². The van der Waals surface area contributed by atoms with E-state index in [-0.39, 0.29) is 6.61 Å². The average Bonchev–Trinajstić information content (AvgIpc) is 2.51. The molecule has 0 saturated carbocycles. The number of rotatable bonds is 2. The molecule has 0 saturated heterocycles. The first kappa shape index (κ1) is 11.2. The number of benzene rings is 1. The highest BCUT2D eigenvalue weighted by molar-refractivity contribution is 5.86. The molecule has 0 aliphatic heterocycles. The van der Waals surface area contributed by atoms with Crippen molar-refractivity contribution in [2.45, 2.75) is 33.3 Å². The van der Waals surface area contributed by atoms with Crippen LogP contribution in [0.4, 0.5) is 0 Å². The monoisotopic (exact) mass is 217 g/mol. The van der Waals surface area contributed by atoms with Gasteiger partial charge >= 0.3 is 0 Å². The molecule has 2 rings (SSSR count). The number of aliphatic hydroxyl groups is 1. The number of fused-ring (bicyclic) bond motifs is 1. The maximum atomic E-state index is 9.36. The Hall–Kier alpha value is -1.28. The summed E-state index contributed by atoms with van der Waals surface area (Å²) in [7, 11) is 2.01. The second kappa shape index (κ2) is 3.95. The molecule has 1 aromatic heterocycles. The van der Waals surface area contributed by atoms with Gasteiger partial charge in [-0.3, -0.25) is 0 Å². The van der Waals surface area contributed by atoms with Crippen molar-refractivity contribution in [3.63, 3.8) is 0 Å². The van der Waals surface area contributed by atoms with E-state index in [0.717, 1.165) is 5.69 Å². The fourth-order valence-electron chi connectivity index (χ4n) is 2.28.